The Balaban J connectivity index is 2.57. The third-order valence-electron chi connectivity index (χ3n) is 4.49. The van der Waals surface area contributed by atoms with Crippen LogP contribution in [0.2, 0.25) is 5.02 Å². The largest absolute Gasteiger partial charge is 0.392 e. The lowest BCUT2D eigenvalue weighted by Crippen LogP contribution is -2.33. The van der Waals surface area contributed by atoms with Crippen molar-refractivity contribution < 1.29 is 14.3 Å². The fourth-order valence-electron chi connectivity index (χ4n) is 2.89. The second kappa shape index (κ2) is 11.5. The highest BCUT2D eigenvalue weighted by Crippen LogP contribution is 2.31. The number of nitrogens with one attached hydrogen (secondary N) is 2. The first-order valence-corrected chi connectivity index (χ1v) is 10.4. The van der Waals surface area contributed by atoms with Gasteiger partial charge in [0.2, 0.25) is 0 Å². The molecule has 0 saturated carbocycles. The number of halogens is 2. The SMILES string of the molecule is C=N/C(Nc1cc(-c2cc(Cl)ccc2F)ncc1C(C)C)=C(\C=NC)C(=O)NC[C@H](C)O. The van der Waals surface area contributed by atoms with Gasteiger partial charge in [-0.2, -0.15) is 0 Å². The lowest BCUT2D eigenvalue weighted by molar-refractivity contribution is -0.117. The molecule has 0 saturated heterocycles. The van der Waals surface area contributed by atoms with Crippen molar-refractivity contribution in [1.82, 2.24) is 10.3 Å². The molecule has 170 valence electrons. The number of anilines is 1. The summed E-state index contributed by atoms with van der Waals surface area (Å²) in [6.45, 7) is 9.15. The minimum atomic E-state index is -0.713. The average molecular weight is 460 g/mol. The van der Waals surface area contributed by atoms with E-state index in [0.29, 0.717) is 16.4 Å². The summed E-state index contributed by atoms with van der Waals surface area (Å²) in [6, 6.07) is 5.91. The van der Waals surface area contributed by atoms with Gasteiger partial charge in [0.15, 0.2) is 0 Å². The van der Waals surface area contributed by atoms with Crippen molar-refractivity contribution in [2.45, 2.75) is 32.8 Å². The molecule has 0 aliphatic heterocycles. The molecule has 9 heteroatoms. The van der Waals surface area contributed by atoms with Crippen LogP contribution < -0.4 is 10.6 Å². The number of pyridine rings is 1. The number of aromatic nitrogens is 1. The normalized spacial score (nSPS) is 13.1. The first-order valence-electron chi connectivity index (χ1n) is 9.99. The number of hydrogen-bond acceptors (Lipinski definition) is 6. The van der Waals surface area contributed by atoms with Gasteiger partial charge in [0.1, 0.15) is 11.6 Å². The predicted molar refractivity (Wildman–Crippen MR) is 128 cm³/mol. The summed E-state index contributed by atoms with van der Waals surface area (Å²) in [5.74, 6) is -0.710. The van der Waals surface area contributed by atoms with Gasteiger partial charge < -0.3 is 15.7 Å². The number of aliphatic imine (C=N–C) groups is 2. The summed E-state index contributed by atoms with van der Waals surface area (Å²) in [5, 5.41) is 15.6. The lowest BCUT2D eigenvalue weighted by Gasteiger charge is -2.18. The van der Waals surface area contributed by atoms with Crippen LogP contribution >= 0.6 is 11.6 Å². The Labute approximate surface area is 192 Å². The number of aliphatic hydroxyl groups is 1. The van der Waals surface area contributed by atoms with Crippen molar-refractivity contribution in [2.24, 2.45) is 9.98 Å². The molecule has 1 aromatic heterocycles. The molecule has 2 aromatic rings. The fraction of sp³-hybridized carbons (Fsp3) is 0.304. The van der Waals surface area contributed by atoms with Gasteiger partial charge in [-0.3, -0.25) is 14.8 Å². The van der Waals surface area contributed by atoms with E-state index in [1.807, 2.05) is 13.8 Å². The van der Waals surface area contributed by atoms with Crippen molar-refractivity contribution >= 4 is 36.1 Å². The number of carbonyl (C=O) groups is 1. The number of benzene rings is 1. The first-order chi connectivity index (χ1) is 15.2. The summed E-state index contributed by atoms with van der Waals surface area (Å²) >= 11 is 6.04. The average Bonchev–Trinajstić information content (AvgIpc) is 2.75. The molecular weight excluding hydrogens is 433 g/mol. The number of hydrogen-bond donors (Lipinski definition) is 3. The molecule has 3 N–H and O–H groups in total. The van der Waals surface area contributed by atoms with Crippen LogP contribution in [0.5, 0.6) is 0 Å². The van der Waals surface area contributed by atoms with E-state index in [9.17, 15) is 14.3 Å². The minimum absolute atomic E-state index is 0.0645. The Morgan fingerprint density at radius 2 is 2.06 bits per heavy atom. The predicted octanol–water partition coefficient (Wildman–Crippen LogP) is 4.19. The number of carbonyl (C=O) groups excluding carboxylic acids is 1. The van der Waals surface area contributed by atoms with Crippen molar-refractivity contribution in [3.63, 3.8) is 0 Å². The van der Waals surface area contributed by atoms with Crippen molar-refractivity contribution in [1.29, 1.82) is 0 Å². The van der Waals surface area contributed by atoms with Crippen LogP contribution in [-0.4, -0.2) is 48.6 Å². The third kappa shape index (κ3) is 6.45. The van der Waals surface area contributed by atoms with Gasteiger partial charge in [0.05, 0.1) is 17.4 Å². The topological polar surface area (TPSA) is 99.0 Å². The second-order valence-electron chi connectivity index (χ2n) is 7.43. The summed E-state index contributed by atoms with van der Waals surface area (Å²) in [5.41, 5.74) is 2.15. The van der Waals surface area contributed by atoms with E-state index < -0.39 is 17.8 Å². The summed E-state index contributed by atoms with van der Waals surface area (Å²) in [7, 11) is 1.52. The smallest absolute Gasteiger partial charge is 0.256 e. The molecule has 0 aliphatic carbocycles. The summed E-state index contributed by atoms with van der Waals surface area (Å²) in [6.07, 6.45) is 2.28. The maximum atomic E-state index is 14.4. The van der Waals surface area contributed by atoms with Gasteiger partial charge in [0, 0.05) is 42.3 Å². The van der Waals surface area contributed by atoms with Crippen LogP contribution in [0.15, 0.2) is 51.8 Å². The summed E-state index contributed by atoms with van der Waals surface area (Å²) in [4.78, 5) is 24.9. The van der Waals surface area contributed by atoms with Gasteiger partial charge in [-0.1, -0.05) is 25.4 Å². The molecule has 1 aromatic carbocycles. The Morgan fingerprint density at radius 3 is 2.66 bits per heavy atom. The van der Waals surface area contributed by atoms with Crippen LogP contribution in [0, 0.1) is 5.82 Å². The van der Waals surface area contributed by atoms with E-state index >= 15 is 0 Å². The molecule has 32 heavy (non-hydrogen) atoms. The van der Waals surface area contributed by atoms with E-state index in [0.717, 1.165) is 5.56 Å². The Morgan fingerprint density at radius 1 is 1.34 bits per heavy atom. The third-order valence-corrected chi connectivity index (χ3v) is 4.72. The lowest BCUT2D eigenvalue weighted by atomic mass is 10.0. The maximum absolute atomic E-state index is 14.4. The Hall–Kier alpha value is -3.10. The highest BCUT2D eigenvalue weighted by atomic mass is 35.5. The van der Waals surface area contributed by atoms with Crippen LogP contribution in [0.4, 0.5) is 10.1 Å². The van der Waals surface area contributed by atoms with Gasteiger partial charge in [-0.25, -0.2) is 9.38 Å². The molecule has 1 amide bonds. The van der Waals surface area contributed by atoms with E-state index in [1.54, 1.807) is 19.2 Å². The zero-order valence-corrected chi connectivity index (χ0v) is 19.2. The second-order valence-corrected chi connectivity index (χ2v) is 7.86. The molecular formula is C23H27ClFN5O2. The quantitative estimate of drug-likeness (QED) is 0.387. The highest BCUT2D eigenvalue weighted by Gasteiger charge is 2.18. The van der Waals surface area contributed by atoms with Crippen LogP contribution in [-0.2, 0) is 4.79 Å². The molecule has 0 bridgehead atoms. The fourth-order valence-corrected chi connectivity index (χ4v) is 3.06. The molecule has 1 atom stereocenters. The number of rotatable bonds is 9. The molecule has 0 fully saturated rings. The molecule has 0 aliphatic rings. The molecule has 0 radical (unpaired) electrons. The van der Waals surface area contributed by atoms with Gasteiger partial charge in [-0.15, -0.1) is 0 Å². The summed E-state index contributed by atoms with van der Waals surface area (Å²) < 4.78 is 14.4. The molecule has 0 unspecified atom stereocenters. The molecule has 0 spiro atoms. The zero-order valence-electron chi connectivity index (χ0n) is 18.5. The Kier molecular flexibility index (Phi) is 9.04. The minimum Gasteiger partial charge on any atom is -0.392 e. The zero-order chi connectivity index (χ0) is 23.8. The van der Waals surface area contributed by atoms with Crippen LogP contribution in [0.3, 0.4) is 0 Å². The van der Waals surface area contributed by atoms with Gasteiger partial charge in [0.25, 0.3) is 5.91 Å². The maximum Gasteiger partial charge on any atom is 0.256 e. The van der Waals surface area contributed by atoms with Crippen LogP contribution in [0.1, 0.15) is 32.3 Å². The van der Waals surface area contributed by atoms with Gasteiger partial charge >= 0.3 is 0 Å². The number of amides is 1. The van der Waals surface area contributed by atoms with E-state index in [-0.39, 0.29) is 29.4 Å². The van der Waals surface area contributed by atoms with Crippen molar-refractivity contribution in [2.75, 3.05) is 18.9 Å². The highest BCUT2D eigenvalue weighted by molar-refractivity contribution is 6.30. The van der Waals surface area contributed by atoms with Crippen LogP contribution in [0.25, 0.3) is 11.3 Å². The molecule has 7 nitrogen and oxygen atoms in total. The first kappa shape index (κ1) is 25.2. The Bertz CT molecular complexity index is 1050. The molecule has 2 rings (SSSR count). The molecule has 1 heterocycles. The monoisotopic (exact) mass is 459 g/mol. The van der Waals surface area contributed by atoms with Gasteiger partial charge in [-0.05, 0) is 49.4 Å². The number of aliphatic hydroxyl groups excluding tert-OH is 1. The van der Waals surface area contributed by atoms with E-state index in [1.165, 1.54) is 31.5 Å². The van der Waals surface area contributed by atoms with E-state index in [4.69, 9.17) is 11.6 Å². The van der Waals surface area contributed by atoms with E-state index in [2.05, 4.69) is 32.3 Å². The van der Waals surface area contributed by atoms with Crippen molar-refractivity contribution in [3.8, 4) is 11.3 Å². The standard InChI is InChI=1S/C23H27ClFN5O2/c1-13(2)17-12-28-20(16-8-15(24)6-7-19(16)25)9-21(17)30-22(27-5)18(11-26-4)23(32)29-10-14(3)31/h6-9,11-14,31H,5,10H2,1-4H3,(H,28,30)(H,29,32)/b22-18-,26-11?/t14-/m0/s1. The number of nitrogens with zero attached hydrogens (tertiary/aromatic N) is 3. The van der Waals surface area contributed by atoms with Crippen molar-refractivity contribution in [3.05, 3.63) is 58.3 Å².